The molecule has 1 atom stereocenters. The van der Waals surface area contributed by atoms with Gasteiger partial charge < -0.3 is 15.5 Å². The van der Waals surface area contributed by atoms with E-state index in [0.29, 0.717) is 18.5 Å². The highest BCUT2D eigenvalue weighted by Gasteiger charge is 2.28. The zero-order valence-corrected chi connectivity index (χ0v) is 13.4. The Balaban J connectivity index is 1.90. The molecule has 2 N–H and O–H groups in total. The first-order chi connectivity index (χ1) is 10.6. The second kappa shape index (κ2) is 7.82. The number of benzene rings is 1. The molecule has 5 nitrogen and oxygen atoms in total. The summed E-state index contributed by atoms with van der Waals surface area (Å²) in [4.78, 5) is 25.7. The lowest BCUT2D eigenvalue weighted by Crippen LogP contribution is -2.29. The minimum atomic E-state index is 0.0469. The molecule has 1 aliphatic rings. The van der Waals surface area contributed by atoms with Gasteiger partial charge in [0.2, 0.25) is 5.91 Å². The second-order valence-electron chi connectivity index (χ2n) is 5.79. The van der Waals surface area contributed by atoms with Crippen molar-refractivity contribution in [2.24, 2.45) is 5.92 Å². The summed E-state index contributed by atoms with van der Waals surface area (Å²) in [6.07, 6.45) is 2.47. The summed E-state index contributed by atoms with van der Waals surface area (Å²) < 4.78 is 0. The van der Waals surface area contributed by atoms with Gasteiger partial charge in [0.05, 0.1) is 0 Å². The van der Waals surface area contributed by atoms with Crippen LogP contribution in [0.5, 0.6) is 0 Å². The van der Waals surface area contributed by atoms with Crippen LogP contribution in [-0.2, 0) is 4.79 Å². The Hall–Kier alpha value is -2.04. The molecule has 0 aromatic heterocycles. The van der Waals surface area contributed by atoms with Gasteiger partial charge >= 0.3 is 0 Å². The Morgan fingerprint density at radius 3 is 2.64 bits per heavy atom. The topological polar surface area (TPSA) is 61.4 Å². The van der Waals surface area contributed by atoms with Crippen LogP contribution in [0.3, 0.4) is 0 Å². The van der Waals surface area contributed by atoms with Gasteiger partial charge in [0.25, 0.3) is 5.91 Å². The molecule has 22 heavy (non-hydrogen) atoms. The molecule has 1 aliphatic heterocycles. The van der Waals surface area contributed by atoms with E-state index >= 15 is 0 Å². The molecule has 0 aliphatic carbocycles. The van der Waals surface area contributed by atoms with Crippen molar-refractivity contribution in [3.05, 3.63) is 29.8 Å². The van der Waals surface area contributed by atoms with Crippen LogP contribution in [0.15, 0.2) is 24.3 Å². The van der Waals surface area contributed by atoms with E-state index in [0.717, 1.165) is 31.6 Å². The minimum absolute atomic E-state index is 0.0469. The van der Waals surface area contributed by atoms with Crippen molar-refractivity contribution < 1.29 is 9.59 Å². The first kappa shape index (κ1) is 16.3. The van der Waals surface area contributed by atoms with E-state index in [9.17, 15) is 9.59 Å². The van der Waals surface area contributed by atoms with Crippen LogP contribution >= 0.6 is 0 Å². The number of amides is 2. The van der Waals surface area contributed by atoms with Crippen molar-refractivity contribution in [2.75, 3.05) is 32.0 Å². The molecule has 0 bridgehead atoms. The molecule has 2 rings (SSSR count). The van der Waals surface area contributed by atoms with Crippen LogP contribution in [-0.4, -0.2) is 43.4 Å². The Kier molecular flexibility index (Phi) is 5.81. The summed E-state index contributed by atoms with van der Waals surface area (Å²) in [5.74, 6) is 0.376. The number of hydrogen-bond donors (Lipinski definition) is 2. The van der Waals surface area contributed by atoms with Gasteiger partial charge in [0.15, 0.2) is 0 Å². The van der Waals surface area contributed by atoms with Crippen LogP contribution in [0.4, 0.5) is 5.69 Å². The first-order valence-electron chi connectivity index (χ1n) is 7.97. The summed E-state index contributed by atoms with van der Waals surface area (Å²) in [7, 11) is 1.65. The van der Waals surface area contributed by atoms with Gasteiger partial charge in [-0.25, -0.2) is 0 Å². The summed E-state index contributed by atoms with van der Waals surface area (Å²) in [5, 5.41) is 5.94. The quantitative estimate of drug-likeness (QED) is 0.846. The zero-order valence-electron chi connectivity index (χ0n) is 13.4. The lowest BCUT2D eigenvalue weighted by atomic mass is 10.0. The molecule has 1 heterocycles. The van der Waals surface area contributed by atoms with Crippen LogP contribution in [0, 0.1) is 5.92 Å². The van der Waals surface area contributed by atoms with Gasteiger partial charge in [-0.1, -0.05) is 6.92 Å². The third-order valence-corrected chi connectivity index (χ3v) is 4.04. The molecule has 0 spiro atoms. The number of anilines is 1. The molecule has 1 fully saturated rings. The van der Waals surface area contributed by atoms with E-state index in [1.54, 1.807) is 7.05 Å². The third-order valence-electron chi connectivity index (χ3n) is 4.04. The van der Waals surface area contributed by atoms with Crippen molar-refractivity contribution in [1.29, 1.82) is 0 Å². The molecule has 1 saturated heterocycles. The van der Waals surface area contributed by atoms with Crippen molar-refractivity contribution in [2.45, 2.75) is 26.2 Å². The zero-order chi connectivity index (χ0) is 15.9. The molecular formula is C17H25N3O2. The Morgan fingerprint density at radius 2 is 2.00 bits per heavy atom. The Labute approximate surface area is 132 Å². The molecule has 2 amide bonds. The number of carbonyl (C=O) groups is 2. The maximum absolute atomic E-state index is 12.5. The van der Waals surface area contributed by atoms with Gasteiger partial charge in [-0.15, -0.1) is 0 Å². The second-order valence-corrected chi connectivity index (χ2v) is 5.79. The SMILES string of the molecule is CCCNc1ccc(C(=O)N2CC[C@H](CC(=O)NC)C2)cc1. The molecule has 1 aromatic rings. The van der Waals surface area contributed by atoms with E-state index in [2.05, 4.69) is 17.6 Å². The predicted octanol–water partition coefficient (Wildman–Crippen LogP) is 2.11. The standard InChI is InChI=1S/C17H25N3O2/c1-3-9-19-15-6-4-14(5-7-15)17(22)20-10-8-13(12-20)11-16(21)18-2/h4-7,13,19H,3,8-12H2,1-2H3,(H,18,21)/t13-/m1/s1. The normalized spacial score (nSPS) is 17.4. The van der Waals surface area contributed by atoms with E-state index in [1.807, 2.05) is 29.2 Å². The fraction of sp³-hybridized carbons (Fsp3) is 0.529. The molecular weight excluding hydrogens is 278 g/mol. The largest absolute Gasteiger partial charge is 0.385 e. The van der Waals surface area contributed by atoms with Crippen LogP contribution < -0.4 is 10.6 Å². The molecule has 1 aromatic carbocycles. The predicted molar refractivity (Wildman–Crippen MR) is 87.9 cm³/mol. The minimum Gasteiger partial charge on any atom is -0.385 e. The summed E-state index contributed by atoms with van der Waals surface area (Å²) in [6.45, 7) is 4.45. The van der Waals surface area contributed by atoms with Gasteiger partial charge in [-0.2, -0.15) is 0 Å². The lowest BCUT2D eigenvalue weighted by Gasteiger charge is -2.17. The summed E-state index contributed by atoms with van der Waals surface area (Å²) >= 11 is 0. The fourth-order valence-electron chi connectivity index (χ4n) is 2.73. The van der Waals surface area contributed by atoms with E-state index < -0.39 is 0 Å². The smallest absolute Gasteiger partial charge is 0.253 e. The monoisotopic (exact) mass is 303 g/mol. The highest BCUT2D eigenvalue weighted by atomic mass is 16.2. The highest BCUT2D eigenvalue weighted by Crippen LogP contribution is 2.22. The first-order valence-corrected chi connectivity index (χ1v) is 7.97. The van der Waals surface area contributed by atoms with Crippen LogP contribution in [0.2, 0.25) is 0 Å². The van der Waals surface area contributed by atoms with Crippen molar-refractivity contribution in [3.8, 4) is 0 Å². The number of nitrogens with one attached hydrogen (secondary N) is 2. The van der Waals surface area contributed by atoms with Gasteiger partial charge in [0, 0.05) is 44.4 Å². The van der Waals surface area contributed by atoms with Crippen molar-refractivity contribution >= 4 is 17.5 Å². The van der Waals surface area contributed by atoms with Crippen molar-refractivity contribution in [1.82, 2.24) is 10.2 Å². The highest BCUT2D eigenvalue weighted by molar-refractivity contribution is 5.94. The molecule has 0 saturated carbocycles. The van der Waals surface area contributed by atoms with Gasteiger partial charge in [-0.3, -0.25) is 9.59 Å². The maximum Gasteiger partial charge on any atom is 0.253 e. The van der Waals surface area contributed by atoms with E-state index in [4.69, 9.17) is 0 Å². The molecule has 5 heteroatoms. The summed E-state index contributed by atoms with van der Waals surface area (Å²) in [6, 6.07) is 7.63. The summed E-state index contributed by atoms with van der Waals surface area (Å²) in [5.41, 5.74) is 1.75. The average Bonchev–Trinajstić information content (AvgIpc) is 3.01. The maximum atomic E-state index is 12.5. The molecule has 120 valence electrons. The number of nitrogens with zero attached hydrogens (tertiary/aromatic N) is 1. The van der Waals surface area contributed by atoms with Gasteiger partial charge in [0.1, 0.15) is 0 Å². The van der Waals surface area contributed by atoms with E-state index in [-0.39, 0.29) is 17.7 Å². The molecule has 0 radical (unpaired) electrons. The fourth-order valence-corrected chi connectivity index (χ4v) is 2.73. The number of carbonyl (C=O) groups excluding carboxylic acids is 2. The van der Waals surface area contributed by atoms with Crippen molar-refractivity contribution in [3.63, 3.8) is 0 Å². The van der Waals surface area contributed by atoms with Gasteiger partial charge in [-0.05, 0) is 43.0 Å². The number of hydrogen-bond acceptors (Lipinski definition) is 3. The number of likely N-dealkylation sites (tertiary alicyclic amines) is 1. The average molecular weight is 303 g/mol. The third kappa shape index (κ3) is 4.23. The van der Waals surface area contributed by atoms with E-state index in [1.165, 1.54) is 0 Å². The molecule has 0 unspecified atom stereocenters. The van der Waals surface area contributed by atoms with Crippen LogP contribution in [0.1, 0.15) is 36.5 Å². The lowest BCUT2D eigenvalue weighted by molar-refractivity contribution is -0.121. The van der Waals surface area contributed by atoms with Crippen LogP contribution in [0.25, 0.3) is 0 Å². The number of rotatable bonds is 6. The Bertz CT molecular complexity index is 513. The Morgan fingerprint density at radius 1 is 1.27 bits per heavy atom.